The van der Waals surface area contributed by atoms with E-state index in [9.17, 15) is 9.59 Å². The molecule has 0 radical (unpaired) electrons. The molecule has 2 heterocycles. The second-order valence-corrected chi connectivity index (χ2v) is 15.5. The van der Waals surface area contributed by atoms with Crippen LogP contribution in [0, 0.1) is 5.41 Å². The van der Waals surface area contributed by atoms with Gasteiger partial charge in [-0.15, -0.1) is 0 Å². The highest BCUT2D eigenvalue weighted by Crippen LogP contribution is 2.42. The van der Waals surface area contributed by atoms with Crippen LogP contribution < -0.4 is 0 Å². The molecule has 0 bridgehead atoms. The molecule has 2 aliphatic heterocycles. The quantitative estimate of drug-likeness (QED) is 0.120. The normalized spacial score (nSPS) is 23.6. The van der Waals surface area contributed by atoms with Crippen molar-refractivity contribution in [2.24, 2.45) is 5.41 Å². The van der Waals surface area contributed by atoms with Crippen molar-refractivity contribution in [3.8, 4) is 0 Å². The molecule has 0 aromatic carbocycles. The topological polar surface area (TPSA) is 59.1 Å². The van der Waals surface area contributed by atoms with Crippen molar-refractivity contribution in [3.05, 3.63) is 12.2 Å². The summed E-state index contributed by atoms with van der Waals surface area (Å²) in [7, 11) is 1.83. The van der Waals surface area contributed by atoms with Crippen LogP contribution in [-0.2, 0) is 19.1 Å². The maximum atomic E-state index is 13.7. The van der Waals surface area contributed by atoms with Crippen LogP contribution in [0.25, 0.3) is 0 Å². The zero-order chi connectivity index (χ0) is 31.3. The molecule has 0 amide bonds. The minimum Gasteiger partial charge on any atom is -0.461 e. The molecule has 0 aromatic rings. The SMILES string of the molecule is CCCCC(CCCC)(C(C)=O)C(=O)OC1CC(C)(C)N(C/C=C/CN2C(C)(C)CC(OC)CC2(C)C)C(C)(C)C1. The third-order valence-corrected chi connectivity index (χ3v) is 10.2. The van der Waals surface area contributed by atoms with Crippen LogP contribution in [0.3, 0.4) is 0 Å². The first-order valence-electron chi connectivity index (χ1n) is 16.3. The first kappa shape index (κ1) is 36.0. The summed E-state index contributed by atoms with van der Waals surface area (Å²) >= 11 is 0. The highest BCUT2D eigenvalue weighted by molar-refractivity contribution is 6.02. The lowest BCUT2D eigenvalue weighted by Crippen LogP contribution is -2.62. The Morgan fingerprint density at radius 2 is 1.10 bits per heavy atom. The van der Waals surface area contributed by atoms with Crippen molar-refractivity contribution in [3.63, 3.8) is 0 Å². The smallest absolute Gasteiger partial charge is 0.319 e. The van der Waals surface area contributed by atoms with Gasteiger partial charge in [-0.2, -0.15) is 0 Å². The van der Waals surface area contributed by atoms with E-state index in [0.717, 1.165) is 64.5 Å². The summed E-state index contributed by atoms with van der Waals surface area (Å²) in [6, 6.07) is 0. The van der Waals surface area contributed by atoms with E-state index in [1.165, 1.54) is 0 Å². The molecule has 2 saturated heterocycles. The first-order chi connectivity index (χ1) is 18.9. The van der Waals surface area contributed by atoms with Crippen molar-refractivity contribution >= 4 is 11.8 Å². The number of methoxy groups -OCH3 is 1. The fourth-order valence-electron chi connectivity index (χ4n) is 8.10. The Bertz CT molecular complexity index is 860. The van der Waals surface area contributed by atoms with Crippen molar-refractivity contribution in [1.82, 2.24) is 9.80 Å². The number of likely N-dealkylation sites (tertiary alicyclic amines) is 2. The number of unbranched alkanes of at least 4 members (excludes halogenated alkanes) is 2. The van der Waals surface area contributed by atoms with Gasteiger partial charge in [-0.05, 0) is 88.0 Å². The maximum absolute atomic E-state index is 13.7. The van der Waals surface area contributed by atoms with Crippen LogP contribution in [0.5, 0.6) is 0 Å². The number of hydrogen-bond donors (Lipinski definition) is 0. The van der Waals surface area contributed by atoms with E-state index in [0.29, 0.717) is 18.9 Å². The molecule has 0 saturated carbocycles. The van der Waals surface area contributed by atoms with E-state index in [2.05, 4.69) is 91.2 Å². The fraction of sp³-hybridized carbons (Fsp3) is 0.886. The summed E-state index contributed by atoms with van der Waals surface area (Å²) in [6.45, 7) is 25.9. The summed E-state index contributed by atoms with van der Waals surface area (Å²) in [4.78, 5) is 31.8. The number of piperidine rings is 2. The Labute approximate surface area is 253 Å². The molecule has 0 atom stereocenters. The van der Waals surface area contributed by atoms with E-state index in [1.807, 2.05) is 7.11 Å². The van der Waals surface area contributed by atoms with Crippen LogP contribution >= 0.6 is 0 Å². The van der Waals surface area contributed by atoms with Crippen LogP contribution in [0.2, 0.25) is 0 Å². The van der Waals surface area contributed by atoms with E-state index >= 15 is 0 Å². The Balaban J connectivity index is 2.13. The van der Waals surface area contributed by atoms with Crippen LogP contribution in [0.1, 0.15) is 140 Å². The van der Waals surface area contributed by atoms with Gasteiger partial charge in [-0.25, -0.2) is 0 Å². The molecule has 2 aliphatic rings. The van der Waals surface area contributed by atoms with Crippen molar-refractivity contribution in [1.29, 1.82) is 0 Å². The maximum Gasteiger partial charge on any atom is 0.319 e. The first-order valence-corrected chi connectivity index (χ1v) is 16.3. The minimum atomic E-state index is -1.00. The van der Waals surface area contributed by atoms with Gasteiger partial charge in [0.15, 0.2) is 0 Å². The number of carbonyl (C=O) groups excluding carboxylic acids is 2. The highest BCUT2D eigenvalue weighted by atomic mass is 16.5. The Morgan fingerprint density at radius 1 is 0.732 bits per heavy atom. The van der Waals surface area contributed by atoms with Crippen LogP contribution in [0.4, 0.5) is 0 Å². The second kappa shape index (κ2) is 14.0. The van der Waals surface area contributed by atoms with Crippen LogP contribution in [0.15, 0.2) is 12.2 Å². The molecule has 238 valence electrons. The lowest BCUT2D eigenvalue weighted by molar-refractivity contribution is -0.174. The molecule has 41 heavy (non-hydrogen) atoms. The van der Waals surface area contributed by atoms with Gasteiger partial charge in [0.1, 0.15) is 17.3 Å². The number of esters is 1. The van der Waals surface area contributed by atoms with Gasteiger partial charge < -0.3 is 9.47 Å². The lowest BCUT2D eigenvalue weighted by atomic mass is 9.74. The summed E-state index contributed by atoms with van der Waals surface area (Å²) in [5.74, 6) is -0.331. The lowest BCUT2D eigenvalue weighted by Gasteiger charge is -2.55. The predicted molar refractivity (Wildman–Crippen MR) is 170 cm³/mol. The summed E-state index contributed by atoms with van der Waals surface area (Å²) in [6.07, 6.45) is 13.2. The van der Waals surface area contributed by atoms with E-state index in [4.69, 9.17) is 9.47 Å². The molecule has 0 aliphatic carbocycles. The number of rotatable bonds is 14. The molecular weight excluding hydrogens is 512 g/mol. The molecule has 0 spiro atoms. The molecule has 6 nitrogen and oxygen atoms in total. The fourth-order valence-corrected chi connectivity index (χ4v) is 8.10. The number of ether oxygens (including phenoxy) is 2. The number of hydrogen-bond acceptors (Lipinski definition) is 6. The Hall–Kier alpha value is -1.24. The third kappa shape index (κ3) is 8.66. The molecule has 0 unspecified atom stereocenters. The van der Waals surface area contributed by atoms with Gasteiger partial charge in [0, 0.05) is 55.2 Å². The van der Waals surface area contributed by atoms with Gasteiger partial charge in [0.05, 0.1) is 6.10 Å². The summed E-state index contributed by atoms with van der Waals surface area (Å²) in [5, 5.41) is 0. The predicted octanol–water partition coefficient (Wildman–Crippen LogP) is 7.73. The van der Waals surface area contributed by atoms with Gasteiger partial charge in [0.2, 0.25) is 0 Å². The van der Waals surface area contributed by atoms with Crippen molar-refractivity contribution in [2.45, 2.75) is 175 Å². The van der Waals surface area contributed by atoms with Crippen molar-refractivity contribution < 1.29 is 19.1 Å². The van der Waals surface area contributed by atoms with Gasteiger partial charge in [-0.1, -0.05) is 51.7 Å². The average molecular weight is 577 g/mol. The summed E-state index contributed by atoms with van der Waals surface area (Å²) < 4.78 is 12.0. The zero-order valence-corrected chi connectivity index (χ0v) is 28.8. The minimum absolute atomic E-state index is 0.0386. The van der Waals surface area contributed by atoms with Crippen LogP contribution in [-0.4, -0.2) is 76.1 Å². The highest BCUT2D eigenvalue weighted by Gasteiger charge is 2.49. The van der Waals surface area contributed by atoms with Gasteiger partial charge in [0.25, 0.3) is 0 Å². The summed E-state index contributed by atoms with van der Waals surface area (Å²) in [5.41, 5.74) is -1.18. The molecule has 6 heteroatoms. The number of ketones is 1. The monoisotopic (exact) mass is 576 g/mol. The number of Topliss-reactive ketones (excluding diaryl/α,β-unsaturated/α-hetero) is 1. The second-order valence-electron chi connectivity index (χ2n) is 15.5. The molecule has 0 aromatic heterocycles. The number of carbonyl (C=O) groups is 2. The molecule has 2 rings (SSSR count). The molecule has 0 N–H and O–H groups in total. The number of nitrogens with zero attached hydrogens (tertiary/aromatic N) is 2. The third-order valence-electron chi connectivity index (χ3n) is 10.2. The average Bonchev–Trinajstić information content (AvgIpc) is 2.82. The Morgan fingerprint density at radius 3 is 1.41 bits per heavy atom. The van der Waals surface area contributed by atoms with E-state index in [-0.39, 0.29) is 40.0 Å². The van der Waals surface area contributed by atoms with Crippen molar-refractivity contribution in [2.75, 3.05) is 20.2 Å². The zero-order valence-electron chi connectivity index (χ0n) is 28.8. The van der Waals surface area contributed by atoms with E-state index < -0.39 is 5.41 Å². The Kier molecular flexibility index (Phi) is 12.3. The molecular formula is C35H64N2O4. The van der Waals surface area contributed by atoms with Gasteiger partial charge >= 0.3 is 5.97 Å². The molecule has 2 fully saturated rings. The largest absolute Gasteiger partial charge is 0.461 e. The van der Waals surface area contributed by atoms with Gasteiger partial charge in [-0.3, -0.25) is 19.4 Å². The standard InChI is InChI=1S/C35H64N2O4/c1-13-15-19-35(27(3)38,20-16-14-2)30(39)41-29-25-33(8,9)37(34(10,11)26-29)22-18-17-21-36-31(4,5)23-28(40-12)24-32(36,6)7/h17-18,28-29H,13-16,19-26H2,1-12H3/b18-17+. The van der Waals surface area contributed by atoms with E-state index in [1.54, 1.807) is 6.92 Å².